The lowest BCUT2D eigenvalue weighted by atomic mass is 10.1. The van der Waals surface area contributed by atoms with Crippen LogP contribution in [-0.2, 0) is 4.79 Å². The Bertz CT molecular complexity index is 352. The SMILES string of the molecule is CCOc1ccccc1C(C)NCC(=O)O. The van der Waals surface area contributed by atoms with Crippen LogP contribution in [0.25, 0.3) is 0 Å². The molecule has 1 rings (SSSR count). The number of aliphatic carboxylic acids is 1. The molecule has 0 heterocycles. The number of hydrogen-bond donors (Lipinski definition) is 2. The lowest BCUT2D eigenvalue weighted by Crippen LogP contribution is -2.25. The van der Waals surface area contributed by atoms with Crippen molar-refractivity contribution in [3.8, 4) is 5.75 Å². The lowest BCUT2D eigenvalue weighted by molar-refractivity contribution is -0.136. The maximum absolute atomic E-state index is 10.5. The largest absolute Gasteiger partial charge is 0.494 e. The van der Waals surface area contributed by atoms with Gasteiger partial charge in [0.15, 0.2) is 0 Å². The molecule has 1 aromatic carbocycles. The Morgan fingerprint density at radius 3 is 2.81 bits per heavy atom. The summed E-state index contributed by atoms with van der Waals surface area (Å²) in [5.74, 6) is -0.0591. The maximum Gasteiger partial charge on any atom is 0.317 e. The molecular formula is C12H17NO3. The predicted molar refractivity (Wildman–Crippen MR) is 61.7 cm³/mol. The number of hydrogen-bond acceptors (Lipinski definition) is 3. The molecule has 4 nitrogen and oxygen atoms in total. The van der Waals surface area contributed by atoms with E-state index in [0.29, 0.717) is 6.61 Å². The molecule has 16 heavy (non-hydrogen) atoms. The van der Waals surface area contributed by atoms with Crippen LogP contribution in [0.15, 0.2) is 24.3 Å². The van der Waals surface area contributed by atoms with Crippen LogP contribution in [0.1, 0.15) is 25.5 Å². The molecule has 0 fully saturated rings. The summed E-state index contributed by atoms with van der Waals surface area (Å²) < 4.78 is 5.48. The highest BCUT2D eigenvalue weighted by molar-refractivity contribution is 5.69. The molecule has 0 bridgehead atoms. The fraction of sp³-hybridized carbons (Fsp3) is 0.417. The summed E-state index contributed by atoms with van der Waals surface area (Å²) in [4.78, 5) is 10.5. The molecule has 0 aromatic heterocycles. The quantitative estimate of drug-likeness (QED) is 0.772. The van der Waals surface area contributed by atoms with E-state index in [-0.39, 0.29) is 12.6 Å². The highest BCUT2D eigenvalue weighted by Gasteiger charge is 2.11. The number of benzene rings is 1. The molecule has 4 heteroatoms. The summed E-state index contributed by atoms with van der Waals surface area (Å²) in [7, 11) is 0. The fourth-order valence-electron chi connectivity index (χ4n) is 1.48. The second-order valence-electron chi connectivity index (χ2n) is 3.47. The Kier molecular flexibility index (Phi) is 4.79. The molecule has 1 unspecified atom stereocenters. The van der Waals surface area contributed by atoms with E-state index in [0.717, 1.165) is 11.3 Å². The molecule has 0 saturated carbocycles. The first-order valence-electron chi connectivity index (χ1n) is 5.32. The number of para-hydroxylation sites is 1. The number of carboxylic acid groups (broad SMARTS) is 1. The minimum atomic E-state index is -0.860. The van der Waals surface area contributed by atoms with Crippen LogP contribution in [-0.4, -0.2) is 24.2 Å². The Morgan fingerprint density at radius 2 is 2.19 bits per heavy atom. The second-order valence-corrected chi connectivity index (χ2v) is 3.47. The smallest absolute Gasteiger partial charge is 0.317 e. The number of rotatable bonds is 6. The van der Waals surface area contributed by atoms with Gasteiger partial charge in [-0.3, -0.25) is 4.79 Å². The summed E-state index contributed by atoms with van der Waals surface area (Å²) in [5.41, 5.74) is 0.977. The normalized spacial score (nSPS) is 12.1. The monoisotopic (exact) mass is 223 g/mol. The molecule has 1 aromatic rings. The zero-order valence-corrected chi connectivity index (χ0v) is 9.56. The number of nitrogens with one attached hydrogen (secondary N) is 1. The standard InChI is InChI=1S/C12H17NO3/c1-3-16-11-7-5-4-6-10(11)9(2)13-8-12(14)15/h4-7,9,13H,3,8H2,1-2H3,(H,14,15). The minimum Gasteiger partial charge on any atom is -0.494 e. The molecule has 2 N–H and O–H groups in total. The van der Waals surface area contributed by atoms with E-state index in [9.17, 15) is 4.79 Å². The zero-order chi connectivity index (χ0) is 12.0. The first-order chi connectivity index (χ1) is 7.65. The van der Waals surface area contributed by atoms with E-state index >= 15 is 0 Å². The van der Waals surface area contributed by atoms with Gasteiger partial charge in [-0.05, 0) is 19.9 Å². The van der Waals surface area contributed by atoms with Gasteiger partial charge in [0, 0.05) is 11.6 Å². The topological polar surface area (TPSA) is 58.6 Å². The van der Waals surface area contributed by atoms with E-state index in [2.05, 4.69) is 5.32 Å². The van der Waals surface area contributed by atoms with E-state index in [4.69, 9.17) is 9.84 Å². The summed E-state index contributed by atoms with van der Waals surface area (Å²) in [6.07, 6.45) is 0. The van der Waals surface area contributed by atoms with Crippen molar-refractivity contribution in [2.24, 2.45) is 0 Å². The molecule has 0 aliphatic rings. The molecular weight excluding hydrogens is 206 g/mol. The second kappa shape index (κ2) is 6.12. The van der Waals surface area contributed by atoms with Gasteiger partial charge in [-0.25, -0.2) is 0 Å². The van der Waals surface area contributed by atoms with Gasteiger partial charge in [0.1, 0.15) is 5.75 Å². The van der Waals surface area contributed by atoms with Gasteiger partial charge >= 0.3 is 5.97 Å². The fourth-order valence-corrected chi connectivity index (χ4v) is 1.48. The van der Waals surface area contributed by atoms with Crippen LogP contribution in [0, 0.1) is 0 Å². The van der Waals surface area contributed by atoms with Crippen molar-refractivity contribution in [3.63, 3.8) is 0 Å². The average molecular weight is 223 g/mol. The predicted octanol–water partition coefficient (Wildman–Crippen LogP) is 1.82. The van der Waals surface area contributed by atoms with Crippen LogP contribution >= 0.6 is 0 Å². The van der Waals surface area contributed by atoms with E-state index in [1.807, 2.05) is 38.1 Å². The summed E-state index contributed by atoms with van der Waals surface area (Å²) in [6, 6.07) is 7.59. The number of carboxylic acids is 1. The van der Waals surface area contributed by atoms with Crippen LogP contribution in [0.2, 0.25) is 0 Å². The average Bonchev–Trinajstić information content (AvgIpc) is 2.27. The van der Waals surface area contributed by atoms with Crippen molar-refractivity contribution < 1.29 is 14.6 Å². The first kappa shape index (κ1) is 12.5. The van der Waals surface area contributed by atoms with Crippen LogP contribution < -0.4 is 10.1 Å². The molecule has 88 valence electrons. The molecule has 0 radical (unpaired) electrons. The third kappa shape index (κ3) is 3.55. The maximum atomic E-state index is 10.5. The van der Waals surface area contributed by atoms with Gasteiger partial charge in [0.2, 0.25) is 0 Å². The third-order valence-electron chi connectivity index (χ3n) is 2.24. The van der Waals surface area contributed by atoms with Crippen LogP contribution in [0.3, 0.4) is 0 Å². The Morgan fingerprint density at radius 1 is 1.50 bits per heavy atom. The van der Waals surface area contributed by atoms with Crippen molar-refractivity contribution in [1.82, 2.24) is 5.32 Å². The van der Waals surface area contributed by atoms with Gasteiger partial charge in [-0.15, -0.1) is 0 Å². The molecule has 0 aliphatic heterocycles. The Balaban J connectivity index is 2.73. The van der Waals surface area contributed by atoms with Gasteiger partial charge < -0.3 is 15.2 Å². The van der Waals surface area contributed by atoms with Crippen LogP contribution in [0.5, 0.6) is 5.75 Å². The van der Waals surface area contributed by atoms with Crippen molar-refractivity contribution in [2.75, 3.05) is 13.2 Å². The van der Waals surface area contributed by atoms with Crippen molar-refractivity contribution in [3.05, 3.63) is 29.8 Å². The van der Waals surface area contributed by atoms with Gasteiger partial charge in [0.25, 0.3) is 0 Å². The molecule has 0 saturated heterocycles. The molecule has 0 amide bonds. The van der Waals surface area contributed by atoms with E-state index < -0.39 is 5.97 Å². The van der Waals surface area contributed by atoms with Gasteiger partial charge in [-0.1, -0.05) is 18.2 Å². The van der Waals surface area contributed by atoms with Crippen molar-refractivity contribution in [2.45, 2.75) is 19.9 Å². The lowest BCUT2D eigenvalue weighted by Gasteiger charge is -2.16. The summed E-state index contributed by atoms with van der Waals surface area (Å²) in [6.45, 7) is 4.39. The highest BCUT2D eigenvalue weighted by Crippen LogP contribution is 2.24. The third-order valence-corrected chi connectivity index (χ3v) is 2.24. The van der Waals surface area contributed by atoms with Crippen molar-refractivity contribution >= 4 is 5.97 Å². The van der Waals surface area contributed by atoms with Gasteiger partial charge in [-0.2, -0.15) is 0 Å². The van der Waals surface area contributed by atoms with E-state index in [1.54, 1.807) is 0 Å². The van der Waals surface area contributed by atoms with E-state index in [1.165, 1.54) is 0 Å². The molecule has 0 spiro atoms. The number of ether oxygens (including phenoxy) is 1. The van der Waals surface area contributed by atoms with Crippen molar-refractivity contribution in [1.29, 1.82) is 0 Å². The minimum absolute atomic E-state index is 0.0427. The molecule has 0 aliphatic carbocycles. The van der Waals surface area contributed by atoms with Crippen LogP contribution in [0.4, 0.5) is 0 Å². The summed E-state index contributed by atoms with van der Waals surface area (Å²) >= 11 is 0. The summed E-state index contributed by atoms with van der Waals surface area (Å²) in [5, 5.41) is 11.5. The Labute approximate surface area is 95.2 Å². The molecule has 1 atom stereocenters. The number of carbonyl (C=O) groups is 1. The zero-order valence-electron chi connectivity index (χ0n) is 9.56. The highest BCUT2D eigenvalue weighted by atomic mass is 16.5. The van der Waals surface area contributed by atoms with Gasteiger partial charge in [0.05, 0.1) is 13.2 Å². The first-order valence-corrected chi connectivity index (χ1v) is 5.32. The Hall–Kier alpha value is -1.55.